The molecule has 1 aromatic heterocycles. The first-order chi connectivity index (χ1) is 15.5. The lowest BCUT2D eigenvalue weighted by Gasteiger charge is -2.28. The van der Waals surface area contributed by atoms with Crippen molar-refractivity contribution in [3.8, 4) is 11.4 Å². The third-order valence-corrected chi connectivity index (χ3v) is 6.03. The number of methoxy groups -OCH3 is 1. The summed E-state index contributed by atoms with van der Waals surface area (Å²) in [6.45, 7) is 3.47. The molecule has 164 valence electrons. The van der Waals surface area contributed by atoms with Crippen LogP contribution in [0.5, 0.6) is 5.75 Å². The number of amides is 1. The van der Waals surface area contributed by atoms with Crippen molar-refractivity contribution >= 4 is 23.2 Å². The SMILES string of the molecule is COc1ccc2c(c1)C(c1ccc(Cl)cc1)=NC(CC(=O)NC1CNC1)c1nnc(C)n1-2. The van der Waals surface area contributed by atoms with Crippen LogP contribution < -0.4 is 15.4 Å². The highest BCUT2D eigenvalue weighted by atomic mass is 35.5. The highest BCUT2D eigenvalue weighted by Gasteiger charge is 2.31. The predicted molar refractivity (Wildman–Crippen MR) is 122 cm³/mol. The lowest BCUT2D eigenvalue weighted by Crippen LogP contribution is -2.57. The fourth-order valence-corrected chi connectivity index (χ4v) is 4.16. The Morgan fingerprint density at radius 3 is 2.69 bits per heavy atom. The predicted octanol–water partition coefficient (Wildman–Crippen LogP) is 2.61. The molecule has 1 unspecified atom stereocenters. The van der Waals surface area contributed by atoms with Crippen LogP contribution in [0, 0.1) is 6.92 Å². The topological polar surface area (TPSA) is 93.4 Å². The van der Waals surface area contributed by atoms with E-state index in [1.165, 1.54) is 0 Å². The Labute approximate surface area is 190 Å². The molecule has 32 heavy (non-hydrogen) atoms. The van der Waals surface area contributed by atoms with Crippen LogP contribution >= 0.6 is 11.6 Å². The van der Waals surface area contributed by atoms with Gasteiger partial charge in [-0.3, -0.25) is 14.4 Å². The number of hydrogen-bond acceptors (Lipinski definition) is 6. The molecule has 0 aliphatic carbocycles. The fourth-order valence-electron chi connectivity index (χ4n) is 4.03. The number of carbonyl (C=O) groups excluding carboxylic acids is 1. The molecule has 1 fully saturated rings. The Kier molecular flexibility index (Phi) is 5.40. The largest absolute Gasteiger partial charge is 0.497 e. The van der Waals surface area contributed by atoms with Crippen molar-refractivity contribution in [1.29, 1.82) is 0 Å². The summed E-state index contributed by atoms with van der Waals surface area (Å²) in [6.07, 6.45) is 0.177. The molecule has 3 aromatic rings. The number of halogens is 1. The van der Waals surface area contributed by atoms with E-state index in [2.05, 4.69) is 20.8 Å². The van der Waals surface area contributed by atoms with Gasteiger partial charge in [0.1, 0.15) is 17.6 Å². The lowest BCUT2D eigenvalue weighted by molar-refractivity contribution is -0.122. The number of nitrogens with one attached hydrogen (secondary N) is 2. The summed E-state index contributed by atoms with van der Waals surface area (Å²) in [5.41, 5.74) is 3.42. The second-order valence-electron chi connectivity index (χ2n) is 7.95. The highest BCUT2D eigenvalue weighted by Crippen LogP contribution is 2.34. The summed E-state index contributed by atoms with van der Waals surface area (Å²) in [7, 11) is 1.63. The van der Waals surface area contributed by atoms with E-state index in [1.807, 2.05) is 54.0 Å². The first-order valence-electron chi connectivity index (χ1n) is 10.5. The Morgan fingerprint density at radius 2 is 2.00 bits per heavy atom. The second-order valence-corrected chi connectivity index (χ2v) is 8.39. The van der Waals surface area contributed by atoms with Crippen LogP contribution in [0.25, 0.3) is 5.69 Å². The van der Waals surface area contributed by atoms with E-state index in [0.717, 1.165) is 41.4 Å². The molecule has 5 rings (SSSR count). The highest BCUT2D eigenvalue weighted by molar-refractivity contribution is 6.30. The molecule has 1 atom stereocenters. The first kappa shape index (κ1) is 20.7. The molecule has 2 aliphatic heterocycles. The molecule has 1 amide bonds. The summed E-state index contributed by atoms with van der Waals surface area (Å²) in [5.74, 6) is 2.02. The van der Waals surface area contributed by atoms with Crippen molar-refractivity contribution in [3.63, 3.8) is 0 Å². The number of carbonyl (C=O) groups is 1. The Hall–Kier alpha value is -3.23. The quantitative estimate of drug-likeness (QED) is 0.623. The molecule has 0 radical (unpaired) electrons. The van der Waals surface area contributed by atoms with E-state index in [1.54, 1.807) is 7.11 Å². The van der Waals surface area contributed by atoms with Gasteiger partial charge in [-0.1, -0.05) is 23.7 Å². The maximum atomic E-state index is 12.8. The van der Waals surface area contributed by atoms with Crippen LogP contribution in [0.1, 0.15) is 35.2 Å². The van der Waals surface area contributed by atoms with Gasteiger partial charge in [0.25, 0.3) is 0 Å². The number of ether oxygens (including phenoxy) is 1. The van der Waals surface area contributed by atoms with Crippen molar-refractivity contribution in [1.82, 2.24) is 25.4 Å². The molecule has 0 spiro atoms. The summed E-state index contributed by atoms with van der Waals surface area (Å²) >= 11 is 6.13. The van der Waals surface area contributed by atoms with E-state index < -0.39 is 6.04 Å². The average Bonchev–Trinajstić information content (AvgIpc) is 3.09. The van der Waals surface area contributed by atoms with E-state index >= 15 is 0 Å². The van der Waals surface area contributed by atoms with E-state index in [-0.39, 0.29) is 18.4 Å². The monoisotopic (exact) mass is 450 g/mol. The number of benzene rings is 2. The van der Waals surface area contributed by atoms with Gasteiger partial charge in [-0.15, -0.1) is 10.2 Å². The molecule has 1 saturated heterocycles. The maximum absolute atomic E-state index is 12.8. The van der Waals surface area contributed by atoms with Crippen LogP contribution in [0.4, 0.5) is 0 Å². The van der Waals surface area contributed by atoms with Crippen LogP contribution in [0.2, 0.25) is 5.02 Å². The standard InChI is InChI=1S/C23H23ClN6O2/c1-13-28-29-23-19(10-21(31)26-16-11-25-12-16)27-22(14-3-5-15(24)6-4-14)18-9-17(32-2)7-8-20(18)30(13)23/h3-9,16,19,25H,10-12H2,1-2H3,(H,26,31). The number of aryl methyl sites for hydroxylation is 1. The number of fused-ring (bicyclic) bond motifs is 3. The number of rotatable bonds is 5. The first-order valence-corrected chi connectivity index (χ1v) is 10.9. The fraction of sp³-hybridized carbons (Fsp3) is 0.304. The smallest absolute Gasteiger partial charge is 0.222 e. The summed E-state index contributed by atoms with van der Waals surface area (Å²) < 4.78 is 7.47. The van der Waals surface area contributed by atoms with Gasteiger partial charge in [-0.2, -0.15) is 0 Å². The molecular formula is C23H23ClN6O2. The van der Waals surface area contributed by atoms with Gasteiger partial charge in [0.2, 0.25) is 5.91 Å². The van der Waals surface area contributed by atoms with Crippen molar-refractivity contribution in [2.24, 2.45) is 4.99 Å². The van der Waals surface area contributed by atoms with Crippen LogP contribution in [-0.4, -0.2) is 52.6 Å². The molecule has 9 heteroatoms. The van der Waals surface area contributed by atoms with E-state index in [0.29, 0.717) is 16.6 Å². The van der Waals surface area contributed by atoms with Crippen molar-refractivity contribution in [2.75, 3.05) is 20.2 Å². The normalized spacial score (nSPS) is 17.5. The zero-order valence-corrected chi connectivity index (χ0v) is 18.6. The number of aromatic nitrogens is 3. The number of aliphatic imine (C=N–C) groups is 1. The van der Waals surface area contributed by atoms with Crippen LogP contribution in [0.15, 0.2) is 47.5 Å². The Bertz CT molecular complexity index is 1200. The van der Waals surface area contributed by atoms with Crippen molar-refractivity contribution in [3.05, 3.63) is 70.3 Å². The number of hydrogen-bond donors (Lipinski definition) is 2. The van der Waals surface area contributed by atoms with Gasteiger partial charge in [0.15, 0.2) is 5.82 Å². The minimum Gasteiger partial charge on any atom is -0.497 e. The third-order valence-electron chi connectivity index (χ3n) is 5.78. The summed E-state index contributed by atoms with van der Waals surface area (Å²) in [6, 6.07) is 13.0. The molecule has 0 saturated carbocycles. The molecule has 8 nitrogen and oxygen atoms in total. The molecule has 3 heterocycles. The van der Waals surface area contributed by atoms with Crippen LogP contribution in [-0.2, 0) is 4.79 Å². The zero-order chi connectivity index (χ0) is 22.2. The van der Waals surface area contributed by atoms with Gasteiger partial charge in [0.05, 0.1) is 31.0 Å². The lowest BCUT2D eigenvalue weighted by atomic mass is 10.00. The summed E-state index contributed by atoms with van der Waals surface area (Å²) in [4.78, 5) is 17.9. The second kappa shape index (κ2) is 8.37. The summed E-state index contributed by atoms with van der Waals surface area (Å²) in [5, 5.41) is 15.6. The molecule has 0 bridgehead atoms. The molecule has 2 aromatic carbocycles. The maximum Gasteiger partial charge on any atom is 0.222 e. The molecular weight excluding hydrogens is 428 g/mol. The van der Waals surface area contributed by atoms with Gasteiger partial charge < -0.3 is 15.4 Å². The average molecular weight is 451 g/mol. The number of nitrogens with zero attached hydrogens (tertiary/aromatic N) is 4. The molecule has 2 aliphatic rings. The van der Waals surface area contributed by atoms with Gasteiger partial charge in [-0.25, -0.2) is 0 Å². The van der Waals surface area contributed by atoms with Gasteiger partial charge in [0, 0.05) is 29.2 Å². The third kappa shape index (κ3) is 3.76. The zero-order valence-electron chi connectivity index (χ0n) is 17.8. The van der Waals surface area contributed by atoms with E-state index in [9.17, 15) is 4.79 Å². The van der Waals surface area contributed by atoms with Gasteiger partial charge in [-0.05, 0) is 37.3 Å². The Balaban J connectivity index is 1.65. The van der Waals surface area contributed by atoms with Gasteiger partial charge >= 0.3 is 0 Å². The minimum atomic E-state index is -0.492. The van der Waals surface area contributed by atoms with Crippen molar-refractivity contribution < 1.29 is 9.53 Å². The molecule has 2 N–H and O–H groups in total. The van der Waals surface area contributed by atoms with E-state index in [4.69, 9.17) is 21.3 Å². The Morgan fingerprint density at radius 1 is 1.22 bits per heavy atom. The minimum absolute atomic E-state index is 0.0588. The van der Waals surface area contributed by atoms with Crippen LogP contribution in [0.3, 0.4) is 0 Å². The van der Waals surface area contributed by atoms with Crippen molar-refractivity contribution in [2.45, 2.75) is 25.4 Å².